The second-order valence-electron chi connectivity index (χ2n) is 3.68. The summed E-state index contributed by atoms with van der Waals surface area (Å²) in [5.74, 6) is 0. The molecular weight excluding hydrogens is 198 g/mol. The van der Waals surface area contributed by atoms with Gasteiger partial charge in [-0.2, -0.15) is 0 Å². The highest BCUT2D eigenvalue weighted by molar-refractivity contribution is 5.41. The Kier molecular flexibility index (Phi) is 4.00. The van der Waals surface area contributed by atoms with Crippen molar-refractivity contribution in [1.82, 2.24) is 9.55 Å². The molecule has 16 heavy (non-hydrogen) atoms. The Labute approximate surface area is 96.2 Å². The van der Waals surface area contributed by atoms with Crippen molar-refractivity contribution in [3.8, 4) is 0 Å². The highest BCUT2D eigenvalue weighted by Crippen LogP contribution is 2.05. The van der Waals surface area contributed by atoms with E-state index in [0.717, 1.165) is 23.4 Å². The summed E-state index contributed by atoms with van der Waals surface area (Å²) in [5, 5.41) is 0. The lowest BCUT2D eigenvalue weighted by Crippen LogP contribution is -2.25. The molecular formula is C13H17N3. The van der Waals surface area contributed by atoms with Crippen LogP contribution >= 0.6 is 0 Å². The minimum absolute atomic E-state index is 0.628. The van der Waals surface area contributed by atoms with E-state index < -0.39 is 0 Å². The van der Waals surface area contributed by atoms with E-state index in [4.69, 9.17) is 0 Å². The smallest absolute Gasteiger partial charge is 0.229 e. The van der Waals surface area contributed by atoms with Crippen LogP contribution in [0.4, 0.5) is 0 Å². The fraction of sp³-hybridized carbons (Fsp3) is 0.231. The van der Waals surface area contributed by atoms with Crippen LogP contribution in [0.1, 0.15) is 18.3 Å². The zero-order valence-corrected chi connectivity index (χ0v) is 9.90. The van der Waals surface area contributed by atoms with Gasteiger partial charge in [-0.3, -0.25) is 0 Å². The zero-order chi connectivity index (χ0) is 12.1. The van der Waals surface area contributed by atoms with Gasteiger partial charge in [0.1, 0.15) is 0 Å². The van der Waals surface area contributed by atoms with Gasteiger partial charge in [-0.1, -0.05) is 25.3 Å². The van der Waals surface area contributed by atoms with Crippen molar-refractivity contribution in [2.24, 2.45) is 12.0 Å². The minimum atomic E-state index is 0.628. The maximum absolute atomic E-state index is 4.33. The maximum Gasteiger partial charge on any atom is 0.229 e. The van der Waals surface area contributed by atoms with E-state index in [0.29, 0.717) is 5.62 Å². The molecule has 0 N–H and O–H groups in total. The Balaban J connectivity index is 3.42. The normalized spacial score (nSPS) is 11.2. The molecule has 1 aromatic rings. The first kappa shape index (κ1) is 12.2. The Bertz CT molecular complexity index is 492. The molecule has 0 spiro atoms. The fourth-order valence-corrected chi connectivity index (χ4v) is 1.40. The molecule has 3 heteroatoms. The Morgan fingerprint density at radius 2 is 2.25 bits per heavy atom. The lowest BCUT2D eigenvalue weighted by molar-refractivity contribution is 0.728. The molecule has 0 atom stereocenters. The quantitative estimate of drug-likeness (QED) is 0.708. The summed E-state index contributed by atoms with van der Waals surface area (Å²) in [4.78, 5) is 8.45. The monoisotopic (exact) mass is 215 g/mol. The number of aromatic nitrogens is 2. The lowest BCUT2D eigenvalue weighted by atomic mass is 10.1. The standard InChI is InChI=1S/C13H17N3/c1-6-11-9-12(8-10(3)4)16(5)13(15-11)14-7-2/h6-7,9H,1-3,8H2,4-5H3. The van der Waals surface area contributed by atoms with Crippen LogP contribution in [-0.4, -0.2) is 9.55 Å². The molecule has 1 aromatic heterocycles. The molecule has 0 aliphatic carbocycles. The van der Waals surface area contributed by atoms with E-state index >= 15 is 0 Å². The van der Waals surface area contributed by atoms with Gasteiger partial charge in [-0.15, -0.1) is 0 Å². The lowest BCUT2D eigenvalue weighted by Gasteiger charge is -2.09. The molecule has 0 unspecified atom stereocenters. The topological polar surface area (TPSA) is 30.2 Å². The number of hydrogen-bond donors (Lipinski definition) is 0. The third-order valence-corrected chi connectivity index (χ3v) is 2.17. The summed E-state index contributed by atoms with van der Waals surface area (Å²) in [6.45, 7) is 13.2. The van der Waals surface area contributed by atoms with E-state index in [2.05, 4.69) is 29.7 Å². The van der Waals surface area contributed by atoms with E-state index in [1.165, 1.54) is 6.20 Å². The minimum Gasteiger partial charge on any atom is -0.317 e. The first-order chi connectivity index (χ1) is 7.58. The predicted molar refractivity (Wildman–Crippen MR) is 67.6 cm³/mol. The summed E-state index contributed by atoms with van der Waals surface area (Å²) in [5.41, 5.74) is 3.65. The highest BCUT2D eigenvalue weighted by atomic mass is 15.1. The molecule has 84 valence electrons. The van der Waals surface area contributed by atoms with Crippen LogP contribution in [0.15, 0.2) is 42.6 Å². The van der Waals surface area contributed by atoms with Crippen LogP contribution in [0.25, 0.3) is 6.08 Å². The van der Waals surface area contributed by atoms with Crippen LogP contribution in [-0.2, 0) is 13.5 Å². The largest absolute Gasteiger partial charge is 0.317 e. The average molecular weight is 215 g/mol. The van der Waals surface area contributed by atoms with Crippen LogP contribution in [0.2, 0.25) is 0 Å². The van der Waals surface area contributed by atoms with Crippen molar-refractivity contribution in [3.63, 3.8) is 0 Å². The van der Waals surface area contributed by atoms with E-state index in [1.54, 1.807) is 6.08 Å². The highest BCUT2D eigenvalue weighted by Gasteiger charge is 2.02. The molecule has 0 fully saturated rings. The van der Waals surface area contributed by atoms with Gasteiger partial charge in [0.05, 0.1) is 5.69 Å². The molecule has 0 radical (unpaired) electrons. The molecule has 1 rings (SSSR count). The average Bonchev–Trinajstić information content (AvgIpc) is 2.23. The van der Waals surface area contributed by atoms with Gasteiger partial charge in [-0.05, 0) is 19.1 Å². The van der Waals surface area contributed by atoms with Crippen LogP contribution in [0.5, 0.6) is 0 Å². The van der Waals surface area contributed by atoms with Gasteiger partial charge in [0, 0.05) is 25.4 Å². The van der Waals surface area contributed by atoms with Crippen molar-refractivity contribution >= 4 is 6.08 Å². The second kappa shape index (κ2) is 5.26. The summed E-state index contributed by atoms with van der Waals surface area (Å²) >= 11 is 0. The van der Waals surface area contributed by atoms with Crippen molar-refractivity contribution in [2.75, 3.05) is 0 Å². The van der Waals surface area contributed by atoms with Gasteiger partial charge in [0.2, 0.25) is 5.62 Å². The molecule has 0 aliphatic rings. The summed E-state index contributed by atoms with van der Waals surface area (Å²) < 4.78 is 1.93. The van der Waals surface area contributed by atoms with Gasteiger partial charge >= 0.3 is 0 Å². The number of rotatable bonds is 4. The van der Waals surface area contributed by atoms with Crippen LogP contribution in [0, 0.1) is 0 Å². The van der Waals surface area contributed by atoms with Gasteiger partial charge < -0.3 is 4.57 Å². The van der Waals surface area contributed by atoms with Crippen LogP contribution in [0.3, 0.4) is 0 Å². The third kappa shape index (κ3) is 2.79. The molecule has 3 nitrogen and oxygen atoms in total. The van der Waals surface area contributed by atoms with Gasteiger partial charge in [0.15, 0.2) is 0 Å². The number of nitrogens with zero attached hydrogens (tertiary/aromatic N) is 3. The number of hydrogen-bond acceptors (Lipinski definition) is 2. The first-order valence-corrected chi connectivity index (χ1v) is 5.07. The zero-order valence-electron chi connectivity index (χ0n) is 9.90. The van der Waals surface area contributed by atoms with Crippen LogP contribution < -0.4 is 5.62 Å². The predicted octanol–water partition coefficient (Wildman–Crippen LogP) is 2.23. The first-order valence-electron chi connectivity index (χ1n) is 5.07. The maximum atomic E-state index is 4.33. The van der Waals surface area contributed by atoms with E-state index in [9.17, 15) is 0 Å². The summed E-state index contributed by atoms with van der Waals surface area (Å²) in [6, 6.07) is 1.99. The molecule has 0 aromatic carbocycles. The Morgan fingerprint density at radius 1 is 1.56 bits per heavy atom. The molecule has 0 amide bonds. The molecule has 0 aliphatic heterocycles. The SMILES string of the molecule is C=CN=c1nc(C=C)cc(CC(=C)C)n1C. The molecule has 0 saturated carbocycles. The molecule has 0 saturated heterocycles. The van der Waals surface area contributed by atoms with Crippen molar-refractivity contribution in [2.45, 2.75) is 13.3 Å². The fourth-order valence-electron chi connectivity index (χ4n) is 1.40. The van der Waals surface area contributed by atoms with Crippen molar-refractivity contribution < 1.29 is 0 Å². The third-order valence-electron chi connectivity index (χ3n) is 2.17. The Morgan fingerprint density at radius 3 is 2.75 bits per heavy atom. The van der Waals surface area contributed by atoms with E-state index in [-0.39, 0.29) is 0 Å². The second-order valence-corrected chi connectivity index (χ2v) is 3.68. The Hall–Kier alpha value is -1.90. The molecule has 0 bridgehead atoms. The summed E-state index contributed by atoms with van der Waals surface area (Å²) in [6.07, 6.45) is 4.00. The van der Waals surface area contributed by atoms with Gasteiger partial charge in [0.25, 0.3) is 0 Å². The van der Waals surface area contributed by atoms with Crippen molar-refractivity contribution in [1.29, 1.82) is 0 Å². The van der Waals surface area contributed by atoms with E-state index in [1.807, 2.05) is 24.6 Å². The summed E-state index contributed by atoms with van der Waals surface area (Å²) in [7, 11) is 1.93. The van der Waals surface area contributed by atoms with Crippen molar-refractivity contribution in [3.05, 3.63) is 54.6 Å². The number of allylic oxidation sites excluding steroid dienone is 1. The molecule has 1 heterocycles. The van der Waals surface area contributed by atoms with Gasteiger partial charge in [-0.25, -0.2) is 9.98 Å².